The summed E-state index contributed by atoms with van der Waals surface area (Å²) < 4.78 is 0. The van der Waals surface area contributed by atoms with Gasteiger partial charge in [0.1, 0.15) is 0 Å². The molecule has 5 nitrogen and oxygen atoms in total. The average molecular weight is 256 g/mol. The van der Waals surface area contributed by atoms with Crippen molar-refractivity contribution in [2.24, 2.45) is 0 Å². The van der Waals surface area contributed by atoms with Gasteiger partial charge in [-0.1, -0.05) is 12.1 Å². The van der Waals surface area contributed by atoms with Crippen molar-refractivity contribution in [3.63, 3.8) is 0 Å². The Bertz CT molecular complexity index is 521. The number of hydrogen-bond acceptors (Lipinski definition) is 4. The van der Waals surface area contributed by atoms with Gasteiger partial charge in [-0.15, -0.1) is 0 Å². The third-order valence-corrected chi connectivity index (χ3v) is 2.83. The number of nitrogens with two attached hydrogens (primary N) is 1. The maximum absolute atomic E-state index is 12.4. The zero-order valence-electron chi connectivity index (χ0n) is 10.9. The number of carbonyl (C=O) groups is 1. The largest absolute Gasteiger partial charge is 0.398 e. The minimum Gasteiger partial charge on any atom is -0.398 e. The molecule has 98 valence electrons. The first-order valence-corrected chi connectivity index (χ1v) is 6.00. The van der Waals surface area contributed by atoms with Crippen molar-refractivity contribution in [1.29, 1.82) is 10.5 Å². The minimum atomic E-state index is -0.230. The molecule has 0 radical (unpaired) electrons. The molecule has 0 fully saturated rings. The average Bonchev–Trinajstić information content (AvgIpc) is 2.41. The Hall–Kier alpha value is -2.53. The van der Waals surface area contributed by atoms with Crippen LogP contribution in [0, 0.1) is 29.6 Å². The van der Waals surface area contributed by atoms with Crippen molar-refractivity contribution in [3.8, 4) is 12.1 Å². The Balaban J connectivity index is 2.95. The molecule has 5 heteroatoms. The highest BCUT2D eigenvalue weighted by Gasteiger charge is 2.18. The van der Waals surface area contributed by atoms with E-state index in [1.54, 1.807) is 12.1 Å². The summed E-state index contributed by atoms with van der Waals surface area (Å²) in [6, 6.07) is 9.26. The molecular weight excluding hydrogens is 240 g/mol. The van der Waals surface area contributed by atoms with Crippen LogP contribution in [0.25, 0.3) is 0 Å². The molecule has 0 aliphatic carbocycles. The molecule has 2 N–H and O–H groups in total. The maximum Gasteiger partial charge on any atom is 0.256 e. The number of para-hydroxylation sites is 1. The lowest BCUT2D eigenvalue weighted by Gasteiger charge is -2.21. The monoisotopic (exact) mass is 256 g/mol. The van der Waals surface area contributed by atoms with Gasteiger partial charge in [0, 0.05) is 18.8 Å². The fourth-order valence-electron chi connectivity index (χ4n) is 1.72. The number of anilines is 1. The van der Waals surface area contributed by atoms with E-state index in [1.807, 2.05) is 25.1 Å². The normalized spacial score (nSPS) is 9.42. The van der Waals surface area contributed by atoms with Gasteiger partial charge >= 0.3 is 0 Å². The second-order valence-electron chi connectivity index (χ2n) is 4.14. The number of aryl methyl sites for hydroxylation is 1. The highest BCUT2D eigenvalue weighted by Crippen LogP contribution is 2.18. The van der Waals surface area contributed by atoms with Gasteiger partial charge in [-0.05, 0) is 18.6 Å². The molecule has 1 amide bonds. The molecule has 0 aliphatic heterocycles. The molecule has 0 saturated carbocycles. The predicted molar refractivity (Wildman–Crippen MR) is 72.0 cm³/mol. The summed E-state index contributed by atoms with van der Waals surface area (Å²) in [4.78, 5) is 13.9. The Kier molecular flexibility index (Phi) is 5.37. The first kappa shape index (κ1) is 14.5. The Labute approximate surface area is 112 Å². The van der Waals surface area contributed by atoms with E-state index in [0.29, 0.717) is 24.3 Å². The third kappa shape index (κ3) is 3.72. The van der Waals surface area contributed by atoms with Crippen molar-refractivity contribution < 1.29 is 4.79 Å². The Morgan fingerprint density at radius 1 is 1.26 bits per heavy atom. The summed E-state index contributed by atoms with van der Waals surface area (Å²) in [5.74, 6) is -0.230. The van der Waals surface area contributed by atoms with Crippen molar-refractivity contribution in [3.05, 3.63) is 29.3 Å². The van der Waals surface area contributed by atoms with Crippen LogP contribution in [0.1, 0.15) is 28.8 Å². The van der Waals surface area contributed by atoms with Gasteiger partial charge in [0.25, 0.3) is 5.91 Å². The smallest absolute Gasteiger partial charge is 0.256 e. The Morgan fingerprint density at radius 2 is 1.84 bits per heavy atom. The van der Waals surface area contributed by atoms with Crippen LogP contribution in [0.3, 0.4) is 0 Å². The number of nitriles is 2. The zero-order chi connectivity index (χ0) is 14.3. The highest BCUT2D eigenvalue weighted by molar-refractivity contribution is 5.99. The van der Waals surface area contributed by atoms with Crippen LogP contribution in [0.15, 0.2) is 18.2 Å². The van der Waals surface area contributed by atoms with Crippen molar-refractivity contribution in [2.75, 3.05) is 18.8 Å². The molecule has 1 rings (SSSR count). The molecular formula is C14H16N4O. The summed E-state index contributed by atoms with van der Waals surface area (Å²) in [6.07, 6.45) is 0.478. The van der Waals surface area contributed by atoms with Gasteiger partial charge < -0.3 is 10.6 Å². The van der Waals surface area contributed by atoms with Crippen molar-refractivity contribution in [1.82, 2.24) is 4.90 Å². The fraction of sp³-hybridized carbons (Fsp3) is 0.357. The number of hydrogen-bond donors (Lipinski definition) is 1. The van der Waals surface area contributed by atoms with Crippen molar-refractivity contribution in [2.45, 2.75) is 19.8 Å². The summed E-state index contributed by atoms with van der Waals surface area (Å²) in [5, 5.41) is 17.2. The number of nitrogens with zero attached hydrogens (tertiary/aromatic N) is 3. The van der Waals surface area contributed by atoms with Crippen LogP contribution in [-0.2, 0) is 0 Å². The van der Waals surface area contributed by atoms with E-state index in [2.05, 4.69) is 0 Å². The number of nitrogen functional groups attached to an aromatic ring is 1. The van der Waals surface area contributed by atoms with E-state index in [-0.39, 0.29) is 18.7 Å². The molecule has 0 atom stereocenters. The lowest BCUT2D eigenvalue weighted by Crippen LogP contribution is -2.33. The first-order valence-electron chi connectivity index (χ1n) is 6.00. The quantitative estimate of drug-likeness (QED) is 0.813. The molecule has 0 heterocycles. The van der Waals surface area contributed by atoms with Crippen molar-refractivity contribution >= 4 is 11.6 Å². The molecule has 0 bridgehead atoms. The van der Waals surface area contributed by atoms with Crippen LogP contribution >= 0.6 is 0 Å². The van der Waals surface area contributed by atoms with Gasteiger partial charge in [0.15, 0.2) is 0 Å². The van der Waals surface area contributed by atoms with E-state index in [9.17, 15) is 4.79 Å². The van der Waals surface area contributed by atoms with E-state index in [4.69, 9.17) is 16.3 Å². The lowest BCUT2D eigenvalue weighted by molar-refractivity contribution is 0.0763. The number of rotatable bonds is 5. The van der Waals surface area contributed by atoms with Gasteiger partial charge in [0.2, 0.25) is 0 Å². The maximum atomic E-state index is 12.4. The zero-order valence-corrected chi connectivity index (χ0v) is 10.9. The van der Waals surface area contributed by atoms with E-state index >= 15 is 0 Å². The molecule has 0 aliphatic rings. The van der Waals surface area contributed by atoms with Crippen LogP contribution in [0.2, 0.25) is 0 Å². The van der Waals surface area contributed by atoms with Gasteiger partial charge in [-0.25, -0.2) is 0 Å². The topological polar surface area (TPSA) is 93.9 Å². The molecule has 1 aromatic carbocycles. The highest BCUT2D eigenvalue weighted by atomic mass is 16.2. The molecule has 0 spiro atoms. The summed E-state index contributed by atoms with van der Waals surface area (Å²) in [6.45, 7) is 2.45. The van der Waals surface area contributed by atoms with Gasteiger partial charge in [-0.2, -0.15) is 10.5 Å². The fourth-order valence-corrected chi connectivity index (χ4v) is 1.72. The summed E-state index contributed by atoms with van der Waals surface area (Å²) in [7, 11) is 0. The molecule has 0 aromatic heterocycles. The van der Waals surface area contributed by atoms with Gasteiger partial charge in [-0.3, -0.25) is 4.79 Å². The molecule has 19 heavy (non-hydrogen) atoms. The Morgan fingerprint density at radius 3 is 2.37 bits per heavy atom. The SMILES string of the molecule is Cc1cccc(C(=O)N(CCC#N)CCC#N)c1N. The first-order chi connectivity index (χ1) is 9.11. The summed E-state index contributed by atoms with van der Waals surface area (Å²) in [5.41, 5.74) is 7.62. The number of amides is 1. The van der Waals surface area contributed by atoms with Gasteiger partial charge in [0.05, 0.1) is 30.5 Å². The standard InChI is InChI=1S/C14H16N4O/c1-11-5-2-6-12(13(11)17)14(19)18(9-3-7-15)10-4-8-16/h2,5-6H,3-4,9-10,17H2,1H3. The molecule has 0 saturated heterocycles. The minimum absolute atomic E-state index is 0.230. The lowest BCUT2D eigenvalue weighted by atomic mass is 10.1. The number of benzene rings is 1. The molecule has 1 aromatic rings. The third-order valence-electron chi connectivity index (χ3n) is 2.83. The van der Waals surface area contributed by atoms with Crippen LogP contribution in [-0.4, -0.2) is 23.9 Å². The molecule has 0 unspecified atom stereocenters. The second kappa shape index (κ2) is 7.03. The van der Waals surface area contributed by atoms with E-state index in [0.717, 1.165) is 5.56 Å². The van der Waals surface area contributed by atoms with E-state index < -0.39 is 0 Å². The van der Waals surface area contributed by atoms with Crippen LogP contribution in [0.5, 0.6) is 0 Å². The number of carbonyl (C=O) groups excluding carboxylic acids is 1. The summed E-state index contributed by atoms with van der Waals surface area (Å²) >= 11 is 0. The predicted octanol–water partition coefficient (Wildman–Crippen LogP) is 1.85. The van der Waals surface area contributed by atoms with Crippen LogP contribution < -0.4 is 5.73 Å². The van der Waals surface area contributed by atoms with Crippen LogP contribution in [0.4, 0.5) is 5.69 Å². The second-order valence-corrected chi connectivity index (χ2v) is 4.14. The van der Waals surface area contributed by atoms with E-state index in [1.165, 1.54) is 4.90 Å².